The summed E-state index contributed by atoms with van der Waals surface area (Å²) in [6.07, 6.45) is 3.21. The van der Waals surface area contributed by atoms with Gasteiger partial charge in [0.2, 0.25) is 5.78 Å². The molecule has 22 heavy (non-hydrogen) atoms. The molecule has 2 aromatic carbocycles. The van der Waals surface area contributed by atoms with Crippen LogP contribution in [0.4, 0.5) is 0 Å². The second-order valence-corrected chi connectivity index (χ2v) is 5.20. The molecule has 0 spiro atoms. The number of carbonyl (C=O) groups excluding carboxylic acids is 1. The van der Waals surface area contributed by atoms with Crippen LogP contribution >= 0.6 is 11.6 Å². The molecule has 3 rings (SSSR count). The molecule has 0 atom stereocenters. The van der Waals surface area contributed by atoms with E-state index in [2.05, 4.69) is 0 Å². The number of benzene rings is 2. The summed E-state index contributed by atoms with van der Waals surface area (Å²) in [5.74, 6) is 0.802. The first-order valence-corrected chi connectivity index (χ1v) is 7.09. The van der Waals surface area contributed by atoms with Crippen LogP contribution in [-0.2, 0) is 0 Å². The quantitative estimate of drug-likeness (QED) is 0.503. The molecule has 0 bridgehead atoms. The average molecular weight is 313 g/mol. The molecule has 0 aliphatic heterocycles. The van der Waals surface area contributed by atoms with Gasteiger partial charge in [0.1, 0.15) is 11.3 Å². The van der Waals surface area contributed by atoms with E-state index in [0.29, 0.717) is 22.1 Å². The van der Waals surface area contributed by atoms with E-state index >= 15 is 0 Å². The highest BCUT2D eigenvalue weighted by Gasteiger charge is 2.10. The van der Waals surface area contributed by atoms with E-state index in [4.69, 9.17) is 20.8 Å². The second kappa shape index (κ2) is 6.08. The zero-order valence-electron chi connectivity index (χ0n) is 11.9. The van der Waals surface area contributed by atoms with Crippen LogP contribution in [0, 0.1) is 0 Å². The summed E-state index contributed by atoms with van der Waals surface area (Å²) in [7, 11) is 1.59. The molecular weight excluding hydrogens is 300 g/mol. The Morgan fingerprint density at radius 3 is 2.64 bits per heavy atom. The van der Waals surface area contributed by atoms with Gasteiger partial charge in [-0.05, 0) is 42.0 Å². The van der Waals surface area contributed by atoms with E-state index in [-0.39, 0.29) is 5.78 Å². The molecule has 110 valence electrons. The number of ketones is 1. The monoisotopic (exact) mass is 312 g/mol. The predicted molar refractivity (Wildman–Crippen MR) is 87.6 cm³/mol. The van der Waals surface area contributed by atoms with Gasteiger partial charge in [0, 0.05) is 16.5 Å². The van der Waals surface area contributed by atoms with E-state index in [0.717, 1.165) is 10.9 Å². The van der Waals surface area contributed by atoms with Crippen molar-refractivity contribution in [2.24, 2.45) is 0 Å². The van der Waals surface area contributed by atoms with Crippen molar-refractivity contribution >= 4 is 34.4 Å². The Morgan fingerprint density at radius 2 is 1.91 bits per heavy atom. The summed E-state index contributed by atoms with van der Waals surface area (Å²) < 4.78 is 10.7. The molecule has 0 saturated carbocycles. The lowest BCUT2D eigenvalue weighted by Crippen LogP contribution is -1.90. The molecule has 4 heteroatoms. The minimum atomic E-state index is -0.190. The third kappa shape index (κ3) is 3.05. The highest BCUT2D eigenvalue weighted by atomic mass is 35.5. The van der Waals surface area contributed by atoms with Crippen LogP contribution in [0.3, 0.4) is 0 Å². The van der Waals surface area contributed by atoms with Crippen molar-refractivity contribution in [1.82, 2.24) is 0 Å². The van der Waals surface area contributed by atoms with E-state index in [9.17, 15) is 4.79 Å². The normalized spacial score (nSPS) is 11.2. The molecule has 1 heterocycles. The highest BCUT2D eigenvalue weighted by Crippen LogP contribution is 2.24. The average Bonchev–Trinajstić information content (AvgIpc) is 2.97. The van der Waals surface area contributed by atoms with Gasteiger partial charge in [0.15, 0.2) is 5.76 Å². The van der Waals surface area contributed by atoms with Gasteiger partial charge in [-0.2, -0.15) is 0 Å². The van der Waals surface area contributed by atoms with Crippen LogP contribution in [0.15, 0.2) is 59.0 Å². The summed E-state index contributed by atoms with van der Waals surface area (Å²) in [6, 6.07) is 14.4. The largest absolute Gasteiger partial charge is 0.497 e. The van der Waals surface area contributed by atoms with Gasteiger partial charge in [-0.1, -0.05) is 29.8 Å². The Bertz CT molecular complexity index is 844. The van der Waals surface area contributed by atoms with Crippen molar-refractivity contribution in [3.05, 3.63) is 71.0 Å². The minimum Gasteiger partial charge on any atom is -0.497 e. The van der Waals surface area contributed by atoms with Crippen LogP contribution in [0.2, 0.25) is 5.02 Å². The molecule has 0 saturated heterocycles. The van der Waals surface area contributed by atoms with E-state index < -0.39 is 0 Å². The molecule has 0 amide bonds. The van der Waals surface area contributed by atoms with Gasteiger partial charge in [-0.25, -0.2) is 0 Å². The predicted octanol–water partition coefficient (Wildman–Crippen LogP) is 4.99. The van der Waals surface area contributed by atoms with Gasteiger partial charge in [-0.15, -0.1) is 0 Å². The number of carbonyl (C=O) groups is 1. The Kier molecular flexibility index (Phi) is 3.98. The molecule has 1 aromatic heterocycles. The van der Waals surface area contributed by atoms with Gasteiger partial charge < -0.3 is 9.15 Å². The van der Waals surface area contributed by atoms with Crippen LogP contribution in [0.25, 0.3) is 17.0 Å². The number of furan rings is 1. The summed E-state index contributed by atoms with van der Waals surface area (Å²) in [5.41, 5.74) is 1.53. The number of halogens is 1. The number of fused-ring (bicyclic) bond motifs is 1. The Balaban J connectivity index is 1.84. The van der Waals surface area contributed by atoms with Gasteiger partial charge in [0.05, 0.1) is 7.11 Å². The van der Waals surface area contributed by atoms with E-state index in [1.165, 1.54) is 6.08 Å². The number of hydrogen-bond acceptors (Lipinski definition) is 3. The van der Waals surface area contributed by atoms with Gasteiger partial charge in [0.25, 0.3) is 0 Å². The number of rotatable bonds is 4. The number of allylic oxidation sites excluding steroid dienone is 1. The maximum absolute atomic E-state index is 12.2. The van der Waals surface area contributed by atoms with Crippen LogP contribution < -0.4 is 4.74 Å². The van der Waals surface area contributed by atoms with Crippen LogP contribution in [0.1, 0.15) is 16.1 Å². The zero-order chi connectivity index (χ0) is 15.5. The van der Waals surface area contributed by atoms with Crippen LogP contribution in [-0.4, -0.2) is 12.9 Å². The Hall–Kier alpha value is -2.52. The zero-order valence-corrected chi connectivity index (χ0v) is 12.6. The molecule has 0 fully saturated rings. The van der Waals surface area contributed by atoms with Crippen molar-refractivity contribution < 1.29 is 13.9 Å². The fourth-order valence-corrected chi connectivity index (χ4v) is 2.21. The molecule has 0 aliphatic rings. The first-order chi connectivity index (χ1) is 10.7. The number of hydrogen-bond donors (Lipinski definition) is 0. The van der Waals surface area contributed by atoms with Crippen molar-refractivity contribution in [3.63, 3.8) is 0 Å². The summed E-state index contributed by atoms with van der Waals surface area (Å²) in [5, 5.41) is 1.53. The third-order valence-electron chi connectivity index (χ3n) is 3.27. The molecule has 0 N–H and O–H groups in total. The molecule has 3 nitrogen and oxygen atoms in total. The smallest absolute Gasteiger partial charge is 0.221 e. The standard InChI is InChI=1S/C18H13ClO3/c1-21-15-8-5-13-10-18(22-17(13)11-15)16(20)9-4-12-2-6-14(19)7-3-12/h2-11H,1H3/b9-4+. The number of methoxy groups -OCH3 is 1. The molecular formula is C18H13ClO3. The lowest BCUT2D eigenvalue weighted by atomic mass is 10.1. The molecule has 3 aromatic rings. The van der Waals surface area contributed by atoms with Gasteiger partial charge in [-0.3, -0.25) is 4.79 Å². The SMILES string of the molecule is COc1ccc2cc(C(=O)/C=C/c3ccc(Cl)cc3)oc2c1. The topological polar surface area (TPSA) is 39.4 Å². The summed E-state index contributed by atoms with van der Waals surface area (Å²) >= 11 is 5.82. The lowest BCUT2D eigenvalue weighted by Gasteiger charge is -1.96. The van der Waals surface area contributed by atoms with Crippen LogP contribution in [0.5, 0.6) is 5.75 Å². The van der Waals surface area contributed by atoms with Crippen molar-refractivity contribution in [1.29, 1.82) is 0 Å². The number of ether oxygens (including phenoxy) is 1. The Labute approximate surface area is 132 Å². The molecule has 0 radical (unpaired) electrons. The fourth-order valence-electron chi connectivity index (χ4n) is 2.09. The summed E-state index contributed by atoms with van der Waals surface area (Å²) in [6.45, 7) is 0. The molecule has 0 unspecified atom stereocenters. The summed E-state index contributed by atoms with van der Waals surface area (Å²) in [4.78, 5) is 12.2. The van der Waals surface area contributed by atoms with E-state index in [1.54, 1.807) is 37.5 Å². The Morgan fingerprint density at radius 1 is 1.14 bits per heavy atom. The van der Waals surface area contributed by atoms with Crippen molar-refractivity contribution in [2.75, 3.05) is 7.11 Å². The molecule has 0 aliphatic carbocycles. The van der Waals surface area contributed by atoms with E-state index in [1.807, 2.05) is 24.3 Å². The first-order valence-electron chi connectivity index (χ1n) is 6.71. The third-order valence-corrected chi connectivity index (χ3v) is 3.52. The van der Waals surface area contributed by atoms with Crippen molar-refractivity contribution in [2.45, 2.75) is 0 Å². The van der Waals surface area contributed by atoms with Crippen molar-refractivity contribution in [3.8, 4) is 5.75 Å². The minimum absolute atomic E-state index is 0.190. The first kappa shape index (κ1) is 14.4. The van der Waals surface area contributed by atoms with Gasteiger partial charge >= 0.3 is 0 Å². The fraction of sp³-hybridized carbons (Fsp3) is 0.0556. The second-order valence-electron chi connectivity index (χ2n) is 4.76. The highest BCUT2D eigenvalue weighted by molar-refractivity contribution is 6.30. The maximum atomic E-state index is 12.2. The lowest BCUT2D eigenvalue weighted by molar-refractivity contribution is 0.102. The maximum Gasteiger partial charge on any atom is 0.221 e.